The van der Waals surface area contributed by atoms with Crippen LogP contribution in [0, 0.1) is 5.92 Å². The van der Waals surface area contributed by atoms with Crippen LogP contribution in [0.4, 0.5) is 0 Å². The number of benzene rings is 1. The summed E-state index contributed by atoms with van der Waals surface area (Å²) in [4.78, 5) is 20.0. The van der Waals surface area contributed by atoms with Gasteiger partial charge in [-0.3, -0.25) is 9.48 Å². The summed E-state index contributed by atoms with van der Waals surface area (Å²) >= 11 is 1.67. The second-order valence-electron chi connectivity index (χ2n) is 6.77. The lowest BCUT2D eigenvalue weighted by atomic mass is 10.1. The van der Waals surface area contributed by atoms with Gasteiger partial charge in [0.15, 0.2) is 11.5 Å². The van der Waals surface area contributed by atoms with Crippen molar-refractivity contribution in [2.24, 2.45) is 5.92 Å². The molecule has 0 unspecified atom stereocenters. The van der Waals surface area contributed by atoms with Crippen molar-refractivity contribution in [3.8, 4) is 21.9 Å². The van der Waals surface area contributed by atoms with E-state index in [4.69, 9.17) is 9.47 Å². The fourth-order valence-corrected chi connectivity index (χ4v) is 4.12. The lowest BCUT2D eigenvalue weighted by Gasteiger charge is -2.23. The highest BCUT2D eigenvalue weighted by atomic mass is 32.1. The van der Waals surface area contributed by atoms with E-state index < -0.39 is 0 Å². The maximum absolute atomic E-state index is 13.0. The molecule has 1 aliphatic heterocycles. The SMILES string of the molecule is COc1cc(-c2cccs2)cc2c1OCCN(C(=O)[C@H](C)Cn1cncn1)C2. The standard InChI is InChI=1S/C20H22N4O3S/c1-14(10-24-13-21-12-22-24)20(25)23-5-6-27-19-16(11-23)8-15(9-17(19)26-2)18-4-3-7-28-18/h3-4,7-9,12-14H,5-6,10-11H2,1-2H3/t14-/m1/s1. The molecule has 3 heterocycles. The van der Waals surface area contributed by atoms with Crippen LogP contribution >= 0.6 is 11.3 Å². The molecule has 4 rings (SSSR count). The van der Waals surface area contributed by atoms with Crippen molar-refractivity contribution in [2.75, 3.05) is 20.3 Å². The van der Waals surface area contributed by atoms with Crippen LogP contribution in [-0.4, -0.2) is 45.8 Å². The molecule has 3 aromatic rings. The number of ether oxygens (including phenoxy) is 2. The van der Waals surface area contributed by atoms with Gasteiger partial charge in [-0.1, -0.05) is 13.0 Å². The molecule has 1 atom stereocenters. The molecule has 0 N–H and O–H groups in total. The van der Waals surface area contributed by atoms with Gasteiger partial charge in [-0.15, -0.1) is 11.3 Å². The molecule has 1 aromatic carbocycles. The van der Waals surface area contributed by atoms with Crippen LogP contribution in [0.5, 0.6) is 11.5 Å². The van der Waals surface area contributed by atoms with Crippen molar-refractivity contribution < 1.29 is 14.3 Å². The predicted molar refractivity (Wildman–Crippen MR) is 106 cm³/mol. The Morgan fingerprint density at radius 2 is 2.32 bits per heavy atom. The summed E-state index contributed by atoms with van der Waals surface area (Å²) in [5, 5.41) is 6.14. The summed E-state index contributed by atoms with van der Waals surface area (Å²) in [6.07, 6.45) is 3.11. The third-order valence-corrected chi connectivity index (χ3v) is 5.71. The highest BCUT2D eigenvalue weighted by Gasteiger charge is 2.26. The third-order valence-electron chi connectivity index (χ3n) is 4.79. The number of thiophene rings is 1. The Hall–Kier alpha value is -2.87. The first-order valence-corrected chi connectivity index (χ1v) is 10.0. The Labute approximate surface area is 167 Å². The zero-order valence-corrected chi connectivity index (χ0v) is 16.7. The van der Waals surface area contributed by atoms with E-state index >= 15 is 0 Å². The quantitative estimate of drug-likeness (QED) is 0.661. The Bertz CT molecular complexity index is 941. The summed E-state index contributed by atoms with van der Waals surface area (Å²) in [5.41, 5.74) is 2.03. The van der Waals surface area contributed by atoms with E-state index in [0.717, 1.165) is 21.8 Å². The molecular weight excluding hydrogens is 376 g/mol. The summed E-state index contributed by atoms with van der Waals surface area (Å²) in [7, 11) is 1.64. The van der Waals surface area contributed by atoms with E-state index in [1.807, 2.05) is 29.3 Å². The highest BCUT2D eigenvalue weighted by Crippen LogP contribution is 2.39. The number of carbonyl (C=O) groups is 1. The van der Waals surface area contributed by atoms with Crippen LogP contribution < -0.4 is 9.47 Å². The van der Waals surface area contributed by atoms with E-state index in [1.54, 1.807) is 29.5 Å². The number of nitrogens with zero attached hydrogens (tertiary/aromatic N) is 4. The number of fused-ring (bicyclic) bond motifs is 1. The number of rotatable bonds is 5. The van der Waals surface area contributed by atoms with Gasteiger partial charge in [-0.25, -0.2) is 4.98 Å². The molecule has 0 spiro atoms. The first kappa shape index (κ1) is 18.5. The van der Waals surface area contributed by atoms with E-state index in [-0.39, 0.29) is 11.8 Å². The number of carbonyl (C=O) groups excluding carboxylic acids is 1. The number of methoxy groups -OCH3 is 1. The Kier molecular flexibility index (Phi) is 5.29. The molecule has 28 heavy (non-hydrogen) atoms. The van der Waals surface area contributed by atoms with Crippen LogP contribution in [0.3, 0.4) is 0 Å². The minimum absolute atomic E-state index is 0.0763. The van der Waals surface area contributed by atoms with Crippen molar-refractivity contribution in [3.05, 3.63) is 47.9 Å². The Morgan fingerprint density at radius 3 is 3.04 bits per heavy atom. The van der Waals surface area contributed by atoms with Gasteiger partial charge in [-0.2, -0.15) is 5.10 Å². The first-order valence-electron chi connectivity index (χ1n) is 9.14. The van der Waals surface area contributed by atoms with Crippen LogP contribution in [0.25, 0.3) is 10.4 Å². The second kappa shape index (κ2) is 8.02. The molecule has 0 radical (unpaired) electrons. The maximum atomic E-state index is 13.0. The topological polar surface area (TPSA) is 69.5 Å². The zero-order valence-electron chi connectivity index (χ0n) is 15.9. The lowest BCUT2D eigenvalue weighted by molar-refractivity contribution is -0.136. The van der Waals surface area contributed by atoms with Crippen molar-refractivity contribution >= 4 is 17.2 Å². The Morgan fingerprint density at radius 1 is 1.43 bits per heavy atom. The molecule has 0 aliphatic carbocycles. The monoisotopic (exact) mass is 398 g/mol. The summed E-state index contributed by atoms with van der Waals surface area (Å²) in [6.45, 7) is 3.88. The van der Waals surface area contributed by atoms with Gasteiger partial charge in [0.05, 0.1) is 26.1 Å². The fourth-order valence-electron chi connectivity index (χ4n) is 3.41. The third kappa shape index (κ3) is 3.73. The molecule has 0 saturated carbocycles. The molecule has 2 aromatic heterocycles. The van der Waals surface area contributed by atoms with Crippen molar-refractivity contribution in [1.82, 2.24) is 19.7 Å². The normalized spacial score (nSPS) is 14.7. The van der Waals surface area contributed by atoms with Crippen LogP contribution in [0.15, 0.2) is 42.3 Å². The van der Waals surface area contributed by atoms with Gasteiger partial charge >= 0.3 is 0 Å². The van der Waals surface area contributed by atoms with Gasteiger partial charge < -0.3 is 14.4 Å². The van der Waals surface area contributed by atoms with Crippen molar-refractivity contribution in [3.63, 3.8) is 0 Å². The van der Waals surface area contributed by atoms with Crippen LogP contribution in [0.2, 0.25) is 0 Å². The summed E-state index contributed by atoms with van der Waals surface area (Å²) in [5.74, 6) is 1.30. The minimum Gasteiger partial charge on any atom is -0.493 e. The molecule has 0 bridgehead atoms. The minimum atomic E-state index is -0.203. The second-order valence-corrected chi connectivity index (χ2v) is 7.72. The van der Waals surface area contributed by atoms with Gasteiger partial charge in [0.25, 0.3) is 0 Å². The largest absolute Gasteiger partial charge is 0.493 e. The van der Waals surface area contributed by atoms with Gasteiger partial charge in [0.1, 0.15) is 19.3 Å². The van der Waals surface area contributed by atoms with E-state index in [9.17, 15) is 4.79 Å². The zero-order chi connectivity index (χ0) is 19.5. The smallest absolute Gasteiger partial charge is 0.227 e. The van der Waals surface area contributed by atoms with Crippen LogP contribution in [0.1, 0.15) is 12.5 Å². The van der Waals surface area contributed by atoms with Gasteiger partial charge in [-0.05, 0) is 29.1 Å². The van der Waals surface area contributed by atoms with Crippen LogP contribution in [-0.2, 0) is 17.9 Å². The summed E-state index contributed by atoms with van der Waals surface area (Å²) in [6, 6.07) is 8.19. The van der Waals surface area contributed by atoms with E-state index in [2.05, 4.69) is 22.2 Å². The molecule has 8 heteroatoms. The lowest BCUT2D eigenvalue weighted by Crippen LogP contribution is -2.37. The molecule has 0 fully saturated rings. The molecular formula is C20H22N4O3S. The van der Waals surface area contributed by atoms with E-state index in [1.165, 1.54) is 6.33 Å². The maximum Gasteiger partial charge on any atom is 0.227 e. The molecule has 1 amide bonds. The Balaban J connectivity index is 1.60. The van der Waals surface area contributed by atoms with Gasteiger partial charge in [0.2, 0.25) is 5.91 Å². The molecule has 7 nitrogen and oxygen atoms in total. The highest BCUT2D eigenvalue weighted by molar-refractivity contribution is 7.13. The average molecular weight is 398 g/mol. The van der Waals surface area contributed by atoms with Crippen molar-refractivity contribution in [2.45, 2.75) is 20.0 Å². The summed E-state index contributed by atoms with van der Waals surface area (Å²) < 4.78 is 13.2. The first-order chi connectivity index (χ1) is 13.7. The molecule has 0 saturated heterocycles. The average Bonchev–Trinajstić information content (AvgIpc) is 3.37. The fraction of sp³-hybridized carbons (Fsp3) is 0.350. The van der Waals surface area contributed by atoms with E-state index in [0.29, 0.717) is 32.0 Å². The predicted octanol–water partition coefficient (Wildman–Crippen LogP) is 3.07. The van der Waals surface area contributed by atoms with Gasteiger partial charge in [0, 0.05) is 17.0 Å². The number of hydrogen-bond donors (Lipinski definition) is 0. The number of hydrogen-bond acceptors (Lipinski definition) is 6. The molecule has 1 aliphatic rings. The number of amides is 1. The van der Waals surface area contributed by atoms with Crippen molar-refractivity contribution in [1.29, 1.82) is 0 Å². The molecule has 146 valence electrons. The number of aromatic nitrogens is 3.